The zero-order valence-electron chi connectivity index (χ0n) is 18.0. The van der Waals surface area contributed by atoms with Gasteiger partial charge in [-0.05, 0) is 25.1 Å². The SMILES string of the molecule is CCn1c(=O)/c(=C2\Sc3cc(Cl)ccc3N2C)s/c1=C\c1scc[n+]1Cc1ccccc1.Cl. The minimum absolute atomic E-state index is 0. The second-order valence-corrected chi connectivity index (χ2v) is 10.8. The van der Waals surface area contributed by atoms with Gasteiger partial charge < -0.3 is 4.90 Å². The van der Waals surface area contributed by atoms with Gasteiger partial charge in [0, 0.05) is 29.1 Å². The van der Waals surface area contributed by atoms with E-state index in [9.17, 15) is 4.79 Å². The molecule has 0 N–H and O–H groups in total. The minimum atomic E-state index is 0. The van der Waals surface area contributed by atoms with E-state index in [1.807, 2.05) is 42.8 Å². The Morgan fingerprint density at radius 2 is 1.94 bits per heavy atom. The lowest BCUT2D eigenvalue weighted by Gasteiger charge is -2.12. The van der Waals surface area contributed by atoms with Crippen LogP contribution in [0.15, 0.2) is 69.8 Å². The van der Waals surface area contributed by atoms with Gasteiger partial charge in [-0.3, -0.25) is 9.36 Å². The van der Waals surface area contributed by atoms with E-state index >= 15 is 0 Å². The molecule has 0 saturated heterocycles. The Morgan fingerprint density at radius 3 is 2.70 bits per heavy atom. The molecule has 4 aromatic rings. The molecule has 170 valence electrons. The van der Waals surface area contributed by atoms with E-state index in [1.165, 1.54) is 5.56 Å². The predicted molar refractivity (Wildman–Crippen MR) is 143 cm³/mol. The number of fused-ring (bicyclic) bond motifs is 1. The number of thiazole rings is 2. The second kappa shape index (κ2) is 10.1. The van der Waals surface area contributed by atoms with E-state index in [0.29, 0.717) is 11.6 Å². The van der Waals surface area contributed by atoms with Crippen LogP contribution in [0.3, 0.4) is 0 Å². The lowest BCUT2D eigenvalue weighted by atomic mass is 10.2. The second-order valence-electron chi connectivity index (χ2n) is 7.40. The standard InChI is InChI=1S/C24H21ClN3OS3.ClH/c1-3-28-21(14-20-27(11-12-30-20)15-16-7-5-4-6-8-16)32-22(23(28)29)24-26(2)18-10-9-17(25)13-19(18)31-24;/h4-14H,3,15H2,1-2H3;1H/q+1;/b24-22+;. The maximum absolute atomic E-state index is 13.3. The normalized spacial score (nSPS) is 15.0. The van der Waals surface area contributed by atoms with Crippen molar-refractivity contribution < 1.29 is 4.57 Å². The molecule has 0 radical (unpaired) electrons. The Balaban J connectivity index is 0.00000259. The van der Waals surface area contributed by atoms with E-state index < -0.39 is 0 Å². The molecule has 2 aromatic carbocycles. The molecule has 0 saturated carbocycles. The van der Waals surface area contributed by atoms with Gasteiger partial charge in [0.15, 0.2) is 12.7 Å². The van der Waals surface area contributed by atoms with Crippen molar-refractivity contribution in [2.24, 2.45) is 0 Å². The number of hydrogen-bond acceptors (Lipinski definition) is 5. The lowest BCUT2D eigenvalue weighted by molar-refractivity contribution is -0.685. The first-order valence-corrected chi connectivity index (χ1v) is 13.1. The summed E-state index contributed by atoms with van der Waals surface area (Å²) in [6.45, 7) is 3.45. The van der Waals surface area contributed by atoms with Crippen LogP contribution >= 0.6 is 58.4 Å². The number of halogens is 2. The van der Waals surface area contributed by atoms with Crippen LogP contribution in [0, 0.1) is 0 Å². The molecule has 9 heteroatoms. The zero-order valence-corrected chi connectivity index (χ0v) is 22.0. The smallest absolute Gasteiger partial charge is 0.271 e. The third kappa shape index (κ3) is 4.66. The first-order valence-electron chi connectivity index (χ1n) is 10.2. The molecule has 0 amide bonds. The van der Waals surface area contributed by atoms with Crippen LogP contribution in [0.2, 0.25) is 5.02 Å². The number of thioether (sulfide) groups is 1. The van der Waals surface area contributed by atoms with Gasteiger partial charge in [0.25, 0.3) is 10.6 Å². The molecule has 4 nitrogen and oxygen atoms in total. The van der Waals surface area contributed by atoms with E-state index in [0.717, 1.165) is 36.4 Å². The topological polar surface area (TPSA) is 29.1 Å². The number of hydrogen-bond donors (Lipinski definition) is 0. The van der Waals surface area contributed by atoms with Crippen molar-refractivity contribution in [2.75, 3.05) is 11.9 Å². The van der Waals surface area contributed by atoms with Crippen molar-refractivity contribution >= 4 is 75.2 Å². The highest BCUT2D eigenvalue weighted by Gasteiger charge is 2.25. The maximum atomic E-state index is 13.3. The molecule has 0 atom stereocenters. The molecule has 0 bridgehead atoms. The monoisotopic (exact) mass is 534 g/mol. The van der Waals surface area contributed by atoms with Crippen LogP contribution in [0.25, 0.3) is 11.1 Å². The molecule has 0 aliphatic carbocycles. The van der Waals surface area contributed by atoms with Gasteiger partial charge in [-0.25, -0.2) is 0 Å². The molecule has 0 unspecified atom stereocenters. The van der Waals surface area contributed by atoms with Crippen molar-refractivity contribution in [3.63, 3.8) is 0 Å². The van der Waals surface area contributed by atoms with Crippen LogP contribution in [0.5, 0.6) is 0 Å². The van der Waals surface area contributed by atoms with Crippen LogP contribution in [0.1, 0.15) is 17.5 Å². The number of nitrogens with zero attached hydrogens (tertiary/aromatic N) is 3. The van der Waals surface area contributed by atoms with E-state index in [1.54, 1.807) is 34.4 Å². The molecule has 33 heavy (non-hydrogen) atoms. The molecule has 3 heterocycles. The number of benzene rings is 2. The number of aromatic nitrogens is 2. The minimum Gasteiger partial charge on any atom is -0.337 e. The number of anilines is 1. The Morgan fingerprint density at radius 1 is 1.15 bits per heavy atom. The van der Waals surface area contributed by atoms with Crippen LogP contribution < -0.4 is 24.2 Å². The van der Waals surface area contributed by atoms with Crippen molar-refractivity contribution in [2.45, 2.75) is 24.9 Å². The molecule has 2 aromatic heterocycles. The fourth-order valence-electron chi connectivity index (χ4n) is 3.74. The highest BCUT2D eigenvalue weighted by atomic mass is 35.5. The maximum Gasteiger partial charge on any atom is 0.271 e. The summed E-state index contributed by atoms with van der Waals surface area (Å²) < 4.78 is 5.83. The van der Waals surface area contributed by atoms with Gasteiger partial charge in [0.2, 0.25) is 0 Å². The van der Waals surface area contributed by atoms with Gasteiger partial charge in [-0.1, -0.05) is 65.0 Å². The highest BCUT2D eigenvalue weighted by molar-refractivity contribution is 8.08. The molecule has 1 aliphatic rings. The van der Waals surface area contributed by atoms with Gasteiger partial charge in [0.05, 0.1) is 17.1 Å². The van der Waals surface area contributed by atoms with Crippen LogP contribution in [-0.2, 0) is 13.1 Å². The fraction of sp³-hybridized carbons (Fsp3) is 0.167. The first kappa shape index (κ1) is 24.1. The van der Waals surface area contributed by atoms with Crippen LogP contribution in [-0.4, -0.2) is 11.6 Å². The molecule has 1 aliphatic heterocycles. The largest absolute Gasteiger partial charge is 0.337 e. The summed E-state index contributed by atoms with van der Waals surface area (Å²) in [5.74, 6) is 0. The average Bonchev–Trinajstić information content (AvgIpc) is 3.45. The van der Waals surface area contributed by atoms with Crippen molar-refractivity contribution in [3.05, 3.63) is 95.3 Å². The molecular weight excluding hydrogens is 513 g/mol. The Bertz CT molecular complexity index is 1470. The third-order valence-electron chi connectivity index (χ3n) is 5.37. The summed E-state index contributed by atoms with van der Waals surface area (Å²) in [5, 5.41) is 4.88. The van der Waals surface area contributed by atoms with Gasteiger partial charge in [-0.15, -0.1) is 23.7 Å². The Kier molecular flexibility index (Phi) is 7.36. The quantitative estimate of drug-likeness (QED) is 0.360. The highest BCUT2D eigenvalue weighted by Crippen LogP contribution is 2.46. The zero-order chi connectivity index (χ0) is 22.2. The van der Waals surface area contributed by atoms with Crippen molar-refractivity contribution in [1.82, 2.24) is 4.57 Å². The summed E-state index contributed by atoms with van der Waals surface area (Å²) in [6.07, 6.45) is 4.24. The first-order chi connectivity index (χ1) is 15.5. The summed E-state index contributed by atoms with van der Waals surface area (Å²) in [6, 6.07) is 16.3. The van der Waals surface area contributed by atoms with Gasteiger partial charge in [0.1, 0.15) is 14.2 Å². The third-order valence-corrected chi connectivity index (χ3v) is 8.93. The lowest BCUT2D eigenvalue weighted by Crippen LogP contribution is -2.36. The fourth-order valence-corrected chi connectivity index (χ4v) is 7.34. The summed E-state index contributed by atoms with van der Waals surface area (Å²) >= 11 is 11.0. The molecule has 0 fully saturated rings. The summed E-state index contributed by atoms with van der Waals surface area (Å²) in [7, 11) is 2.01. The van der Waals surface area contributed by atoms with Crippen molar-refractivity contribution in [3.8, 4) is 0 Å². The molecular formula is C24H22Cl2N3OS3+. The Labute approximate surface area is 215 Å². The average molecular weight is 536 g/mol. The number of rotatable bonds is 4. The predicted octanol–water partition coefficient (Wildman–Crippen LogP) is 4.54. The molecule has 5 rings (SSSR count). The van der Waals surface area contributed by atoms with E-state index in [2.05, 4.69) is 51.4 Å². The van der Waals surface area contributed by atoms with Crippen LogP contribution in [0.4, 0.5) is 5.69 Å². The summed E-state index contributed by atoms with van der Waals surface area (Å²) in [4.78, 5) is 16.5. The van der Waals surface area contributed by atoms with E-state index in [4.69, 9.17) is 11.6 Å². The van der Waals surface area contributed by atoms with E-state index in [-0.39, 0.29) is 18.0 Å². The van der Waals surface area contributed by atoms with Gasteiger partial charge >= 0.3 is 0 Å². The van der Waals surface area contributed by atoms with Gasteiger partial charge in [-0.2, -0.15) is 4.57 Å². The van der Waals surface area contributed by atoms with Crippen molar-refractivity contribution in [1.29, 1.82) is 0 Å². The Hall–Kier alpha value is -2.03. The summed E-state index contributed by atoms with van der Waals surface area (Å²) in [5.41, 5.74) is 2.39. The molecule has 0 spiro atoms.